The van der Waals surface area contributed by atoms with Gasteiger partial charge >= 0.3 is 0 Å². The summed E-state index contributed by atoms with van der Waals surface area (Å²) in [4.78, 5) is 2.45. The second kappa shape index (κ2) is 10.4. The van der Waals surface area contributed by atoms with Gasteiger partial charge in [0, 0.05) is 24.3 Å². The molecule has 3 nitrogen and oxygen atoms in total. The Balaban J connectivity index is 1.46. The Morgan fingerprint density at radius 2 is 1.58 bits per heavy atom. The number of benzene rings is 2. The highest BCUT2D eigenvalue weighted by molar-refractivity contribution is 5.53. The van der Waals surface area contributed by atoms with E-state index in [9.17, 15) is 0 Å². The Hall–Kier alpha value is -2.16. The molecular weight excluding hydrogens is 382 g/mol. The highest BCUT2D eigenvalue weighted by Gasteiger charge is 2.31. The van der Waals surface area contributed by atoms with Crippen molar-refractivity contribution in [3.8, 4) is 11.5 Å². The summed E-state index contributed by atoms with van der Waals surface area (Å²) in [6.07, 6.45) is 5.73. The van der Waals surface area contributed by atoms with Crippen LogP contribution in [-0.2, 0) is 0 Å². The number of nitrogens with zero attached hydrogens (tertiary/aromatic N) is 1. The van der Waals surface area contributed by atoms with Gasteiger partial charge in [0.25, 0.3) is 0 Å². The van der Waals surface area contributed by atoms with E-state index in [1.807, 2.05) is 30.3 Å². The van der Waals surface area contributed by atoms with Crippen LogP contribution < -0.4 is 14.4 Å². The summed E-state index contributed by atoms with van der Waals surface area (Å²) in [5, 5.41) is 0. The Morgan fingerprint density at radius 1 is 0.903 bits per heavy atom. The molecule has 0 N–H and O–H groups in total. The molecule has 0 saturated carbocycles. The van der Waals surface area contributed by atoms with Gasteiger partial charge in [-0.3, -0.25) is 0 Å². The predicted octanol–water partition coefficient (Wildman–Crippen LogP) is 7.36. The minimum atomic E-state index is 0.223. The van der Waals surface area contributed by atoms with Crippen LogP contribution >= 0.6 is 0 Å². The Kier molecular flexibility index (Phi) is 7.91. The van der Waals surface area contributed by atoms with Crippen molar-refractivity contribution < 1.29 is 9.47 Å². The SMILES string of the molecule is CCC(C)(CCOc1ccccc1)CC(C)(C)CCOc1cccc(N2CCC2C)c1. The molecule has 0 bridgehead atoms. The van der Waals surface area contributed by atoms with Crippen molar-refractivity contribution in [1.29, 1.82) is 0 Å². The van der Waals surface area contributed by atoms with Crippen LogP contribution in [0.5, 0.6) is 11.5 Å². The molecule has 1 aliphatic rings. The normalized spacial score (nSPS) is 18.2. The van der Waals surface area contributed by atoms with Crippen LogP contribution in [0.1, 0.15) is 66.7 Å². The lowest BCUT2D eigenvalue weighted by atomic mass is 9.69. The number of para-hydroxylation sites is 1. The Morgan fingerprint density at radius 3 is 2.23 bits per heavy atom. The summed E-state index contributed by atoms with van der Waals surface area (Å²) in [7, 11) is 0. The van der Waals surface area contributed by atoms with Gasteiger partial charge in [-0.2, -0.15) is 0 Å². The minimum Gasteiger partial charge on any atom is -0.494 e. The fourth-order valence-electron chi connectivity index (χ4n) is 4.66. The molecule has 2 unspecified atom stereocenters. The molecule has 0 aliphatic carbocycles. The minimum absolute atomic E-state index is 0.223. The van der Waals surface area contributed by atoms with Crippen LogP contribution in [0.25, 0.3) is 0 Å². The number of rotatable bonds is 12. The molecule has 0 amide bonds. The summed E-state index contributed by atoms with van der Waals surface area (Å²) in [5.74, 6) is 1.95. The van der Waals surface area contributed by atoms with Crippen molar-refractivity contribution in [2.24, 2.45) is 10.8 Å². The molecule has 1 fully saturated rings. The van der Waals surface area contributed by atoms with E-state index in [2.05, 4.69) is 63.8 Å². The molecule has 2 aromatic carbocycles. The van der Waals surface area contributed by atoms with E-state index < -0.39 is 0 Å². The van der Waals surface area contributed by atoms with Crippen molar-refractivity contribution in [2.45, 2.75) is 72.8 Å². The zero-order valence-corrected chi connectivity index (χ0v) is 20.2. The van der Waals surface area contributed by atoms with Crippen molar-refractivity contribution in [2.75, 3.05) is 24.7 Å². The maximum Gasteiger partial charge on any atom is 0.121 e. The fourth-order valence-corrected chi connectivity index (χ4v) is 4.66. The zero-order valence-electron chi connectivity index (χ0n) is 20.2. The van der Waals surface area contributed by atoms with Gasteiger partial charge in [0.2, 0.25) is 0 Å². The van der Waals surface area contributed by atoms with Crippen molar-refractivity contribution >= 4 is 5.69 Å². The number of hydrogen-bond acceptors (Lipinski definition) is 3. The van der Waals surface area contributed by atoms with Crippen LogP contribution in [0.15, 0.2) is 54.6 Å². The largest absolute Gasteiger partial charge is 0.494 e. The van der Waals surface area contributed by atoms with E-state index in [1.165, 1.54) is 18.5 Å². The molecule has 2 aromatic rings. The van der Waals surface area contributed by atoms with Gasteiger partial charge in [0.15, 0.2) is 0 Å². The van der Waals surface area contributed by atoms with E-state index in [1.54, 1.807) is 0 Å². The first kappa shape index (κ1) is 23.5. The van der Waals surface area contributed by atoms with Gasteiger partial charge in [0.1, 0.15) is 11.5 Å². The average Bonchev–Trinajstić information content (AvgIpc) is 2.73. The molecular formula is C28H41NO2. The predicted molar refractivity (Wildman–Crippen MR) is 131 cm³/mol. The first-order valence-corrected chi connectivity index (χ1v) is 12.0. The van der Waals surface area contributed by atoms with Crippen LogP contribution in [-0.4, -0.2) is 25.8 Å². The molecule has 0 aromatic heterocycles. The lowest BCUT2D eigenvalue weighted by Crippen LogP contribution is -2.45. The van der Waals surface area contributed by atoms with Gasteiger partial charge in [-0.05, 0) is 67.7 Å². The van der Waals surface area contributed by atoms with E-state index in [4.69, 9.17) is 9.47 Å². The van der Waals surface area contributed by atoms with Gasteiger partial charge in [-0.15, -0.1) is 0 Å². The van der Waals surface area contributed by atoms with E-state index in [0.717, 1.165) is 50.5 Å². The summed E-state index contributed by atoms with van der Waals surface area (Å²) < 4.78 is 12.2. The standard InChI is InChI=1S/C28H41NO2/c1-6-28(5,17-20-30-25-12-8-7-9-13-25)22-27(3,4)16-19-31-26-14-10-11-24(21-26)29-18-15-23(29)2/h7-14,21,23H,6,15-20,22H2,1-5H3. The Bertz CT molecular complexity index is 804. The average molecular weight is 424 g/mol. The van der Waals surface area contributed by atoms with Crippen LogP contribution in [0, 0.1) is 10.8 Å². The summed E-state index contributed by atoms with van der Waals surface area (Å²) >= 11 is 0. The third-order valence-electron chi connectivity index (χ3n) is 6.99. The van der Waals surface area contributed by atoms with E-state index >= 15 is 0 Å². The van der Waals surface area contributed by atoms with Crippen molar-refractivity contribution in [1.82, 2.24) is 0 Å². The lowest BCUT2D eigenvalue weighted by molar-refractivity contribution is 0.111. The summed E-state index contributed by atoms with van der Waals surface area (Å²) in [6.45, 7) is 14.4. The smallest absolute Gasteiger partial charge is 0.121 e. The monoisotopic (exact) mass is 423 g/mol. The van der Waals surface area contributed by atoms with E-state index in [0.29, 0.717) is 6.04 Å². The van der Waals surface area contributed by atoms with E-state index in [-0.39, 0.29) is 10.8 Å². The lowest BCUT2D eigenvalue weighted by Gasteiger charge is -2.41. The molecule has 1 heterocycles. The number of hydrogen-bond donors (Lipinski definition) is 0. The van der Waals surface area contributed by atoms with Gasteiger partial charge in [-0.1, -0.05) is 58.4 Å². The van der Waals surface area contributed by atoms with Gasteiger partial charge in [-0.25, -0.2) is 0 Å². The maximum atomic E-state index is 6.17. The topological polar surface area (TPSA) is 21.7 Å². The van der Waals surface area contributed by atoms with Crippen LogP contribution in [0.4, 0.5) is 5.69 Å². The van der Waals surface area contributed by atoms with Gasteiger partial charge in [0.05, 0.1) is 13.2 Å². The van der Waals surface area contributed by atoms with Crippen LogP contribution in [0.2, 0.25) is 0 Å². The molecule has 3 heteroatoms. The highest BCUT2D eigenvalue weighted by atomic mass is 16.5. The van der Waals surface area contributed by atoms with Gasteiger partial charge < -0.3 is 14.4 Å². The zero-order chi connectivity index (χ0) is 22.3. The van der Waals surface area contributed by atoms with Crippen molar-refractivity contribution in [3.05, 3.63) is 54.6 Å². The highest BCUT2D eigenvalue weighted by Crippen LogP contribution is 2.41. The molecule has 1 aliphatic heterocycles. The molecule has 2 atom stereocenters. The quantitative estimate of drug-likeness (QED) is 0.356. The third kappa shape index (κ3) is 6.92. The van der Waals surface area contributed by atoms with Crippen LogP contribution in [0.3, 0.4) is 0 Å². The number of anilines is 1. The van der Waals surface area contributed by atoms with Crippen molar-refractivity contribution in [3.63, 3.8) is 0 Å². The molecule has 31 heavy (non-hydrogen) atoms. The third-order valence-corrected chi connectivity index (χ3v) is 6.99. The summed E-state index contributed by atoms with van der Waals surface area (Å²) in [5.41, 5.74) is 1.78. The fraction of sp³-hybridized carbons (Fsp3) is 0.571. The second-order valence-electron chi connectivity index (χ2n) is 10.3. The molecule has 1 saturated heterocycles. The first-order chi connectivity index (χ1) is 14.8. The molecule has 3 rings (SSSR count). The number of ether oxygens (including phenoxy) is 2. The first-order valence-electron chi connectivity index (χ1n) is 12.0. The molecule has 170 valence electrons. The second-order valence-corrected chi connectivity index (χ2v) is 10.3. The summed E-state index contributed by atoms with van der Waals surface area (Å²) in [6, 6.07) is 19.4. The molecule has 0 spiro atoms. The molecule has 0 radical (unpaired) electrons. The maximum absolute atomic E-state index is 6.17. The Labute approximate surface area is 189 Å².